The average Bonchev–Trinajstić information content (AvgIpc) is 3.21. The van der Waals surface area contributed by atoms with E-state index in [2.05, 4.69) is 5.32 Å². The zero-order chi connectivity index (χ0) is 18.4. The van der Waals surface area contributed by atoms with Gasteiger partial charge in [0.15, 0.2) is 0 Å². The van der Waals surface area contributed by atoms with Crippen molar-refractivity contribution >= 4 is 17.4 Å². The minimum absolute atomic E-state index is 0.114. The Balaban J connectivity index is 1.35. The van der Waals surface area contributed by atoms with Crippen molar-refractivity contribution in [1.29, 1.82) is 0 Å². The summed E-state index contributed by atoms with van der Waals surface area (Å²) in [6, 6.07) is 9.57. The average molecular weight is 378 g/mol. The number of thiophene rings is 1. The Kier molecular flexibility index (Phi) is 6.46. The zero-order valence-electron chi connectivity index (χ0n) is 14.4. The molecule has 0 saturated carbocycles. The number of carbonyl (C=O) groups excluding carboxylic acids is 1. The molecule has 1 aliphatic heterocycles. The van der Waals surface area contributed by atoms with Crippen molar-refractivity contribution < 1.29 is 19.0 Å². The summed E-state index contributed by atoms with van der Waals surface area (Å²) in [5, 5.41) is 15.2. The second kappa shape index (κ2) is 9.00. The van der Waals surface area contributed by atoms with E-state index < -0.39 is 6.10 Å². The summed E-state index contributed by atoms with van der Waals surface area (Å²) in [6.07, 6.45) is 1.14. The largest absolute Gasteiger partial charge is 0.492 e. The molecule has 2 aromatic rings. The van der Waals surface area contributed by atoms with E-state index in [1.807, 2.05) is 17.5 Å². The van der Waals surface area contributed by atoms with Crippen LogP contribution in [-0.2, 0) is 0 Å². The van der Waals surface area contributed by atoms with Gasteiger partial charge in [-0.2, -0.15) is 0 Å². The number of halogens is 1. The van der Waals surface area contributed by atoms with Crippen LogP contribution in [0.5, 0.6) is 5.75 Å². The van der Waals surface area contributed by atoms with Crippen LogP contribution in [0.2, 0.25) is 0 Å². The van der Waals surface area contributed by atoms with Crippen LogP contribution >= 0.6 is 11.3 Å². The molecular formula is C19H23FN2O3S. The van der Waals surface area contributed by atoms with Crippen molar-refractivity contribution in [2.75, 3.05) is 26.2 Å². The lowest BCUT2D eigenvalue weighted by Gasteiger charge is -2.34. The van der Waals surface area contributed by atoms with Gasteiger partial charge in [-0.3, -0.25) is 0 Å². The van der Waals surface area contributed by atoms with E-state index in [4.69, 9.17) is 4.74 Å². The molecule has 140 valence electrons. The quantitative estimate of drug-likeness (QED) is 0.757. The van der Waals surface area contributed by atoms with E-state index in [1.165, 1.54) is 12.1 Å². The standard InChI is InChI=1S/C19H23FN2O3S/c20-15-3-5-16(6-4-15)25-12-9-21-19(24)22-10-7-14(8-11-22)18(23)17-2-1-13-26-17/h1-6,13-14,18,23H,7-12H2,(H,21,24)/t18-/m1/s1. The number of carbonyl (C=O) groups is 1. The van der Waals surface area contributed by atoms with Gasteiger partial charge in [0.25, 0.3) is 0 Å². The molecule has 2 heterocycles. The maximum absolute atomic E-state index is 12.8. The van der Waals surface area contributed by atoms with Crippen LogP contribution in [0.25, 0.3) is 0 Å². The second-order valence-electron chi connectivity index (χ2n) is 6.32. The highest BCUT2D eigenvalue weighted by molar-refractivity contribution is 7.10. The summed E-state index contributed by atoms with van der Waals surface area (Å²) >= 11 is 1.57. The predicted octanol–water partition coefficient (Wildman–Crippen LogP) is 3.42. The number of nitrogens with zero attached hydrogens (tertiary/aromatic N) is 1. The van der Waals surface area contributed by atoms with Gasteiger partial charge in [0.2, 0.25) is 0 Å². The molecule has 1 fully saturated rings. The number of rotatable bonds is 6. The van der Waals surface area contributed by atoms with E-state index in [0.29, 0.717) is 32.0 Å². The van der Waals surface area contributed by atoms with Crippen molar-refractivity contribution in [3.63, 3.8) is 0 Å². The fourth-order valence-corrected chi connectivity index (χ4v) is 3.88. The number of ether oxygens (including phenoxy) is 1. The summed E-state index contributed by atoms with van der Waals surface area (Å²) in [5.74, 6) is 0.460. The lowest BCUT2D eigenvalue weighted by molar-refractivity contribution is 0.0689. The van der Waals surface area contributed by atoms with Crippen LogP contribution in [0.1, 0.15) is 23.8 Å². The second-order valence-corrected chi connectivity index (χ2v) is 7.30. The summed E-state index contributed by atoms with van der Waals surface area (Å²) in [4.78, 5) is 15.0. The molecule has 2 N–H and O–H groups in total. The highest BCUT2D eigenvalue weighted by Gasteiger charge is 2.28. The predicted molar refractivity (Wildman–Crippen MR) is 98.9 cm³/mol. The minimum atomic E-state index is -0.440. The Morgan fingerprint density at radius 2 is 2.04 bits per heavy atom. The summed E-state index contributed by atoms with van der Waals surface area (Å²) < 4.78 is 18.3. The van der Waals surface area contributed by atoms with Crippen molar-refractivity contribution in [3.8, 4) is 5.75 Å². The van der Waals surface area contributed by atoms with Crippen LogP contribution in [-0.4, -0.2) is 42.3 Å². The lowest BCUT2D eigenvalue weighted by atomic mass is 9.90. The van der Waals surface area contributed by atoms with Gasteiger partial charge in [-0.25, -0.2) is 9.18 Å². The van der Waals surface area contributed by atoms with Crippen LogP contribution in [0.4, 0.5) is 9.18 Å². The van der Waals surface area contributed by atoms with E-state index >= 15 is 0 Å². The molecule has 26 heavy (non-hydrogen) atoms. The topological polar surface area (TPSA) is 61.8 Å². The third kappa shape index (κ3) is 4.95. The normalized spacial score (nSPS) is 16.3. The number of aliphatic hydroxyl groups is 1. The number of piperidine rings is 1. The monoisotopic (exact) mass is 378 g/mol. The number of likely N-dealkylation sites (tertiary alicyclic amines) is 1. The van der Waals surface area contributed by atoms with Crippen LogP contribution in [0.15, 0.2) is 41.8 Å². The first kappa shape index (κ1) is 18.7. The van der Waals surface area contributed by atoms with Gasteiger partial charge in [-0.05, 0) is 54.5 Å². The Hall–Kier alpha value is -2.12. The van der Waals surface area contributed by atoms with E-state index in [0.717, 1.165) is 17.7 Å². The maximum atomic E-state index is 12.8. The Morgan fingerprint density at radius 3 is 2.69 bits per heavy atom. The van der Waals surface area contributed by atoms with Crippen LogP contribution in [0.3, 0.4) is 0 Å². The Bertz CT molecular complexity index is 685. The fraction of sp³-hybridized carbons (Fsp3) is 0.421. The Morgan fingerprint density at radius 1 is 1.31 bits per heavy atom. The molecule has 1 aliphatic rings. The molecule has 1 saturated heterocycles. The molecule has 0 bridgehead atoms. The highest BCUT2D eigenvalue weighted by Crippen LogP contribution is 2.32. The number of nitrogens with one attached hydrogen (secondary N) is 1. The lowest BCUT2D eigenvalue weighted by Crippen LogP contribution is -2.46. The summed E-state index contributed by atoms with van der Waals surface area (Å²) in [5.41, 5.74) is 0. The zero-order valence-corrected chi connectivity index (χ0v) is 15.3. The van der Waals surface area contributed by atoms with E-state index in [-0.39, 0.29) is 17.8 Å². The van der Waals surface area contributed by atoms with Crippen LogP contribution < -0.4 is 10.1 Å². The first-order valence-electron chi connectivity index (χ1n) is 8.76. The number of amides is 2. The molecule has 7 heteroatoms. The van der Waals surface area contributed by atoms with Crippen molar-refractivity contribution in [2.45, 2.75) is 18.9 Å². The van der Waals surface area contributed by atoms with Gasteiger partial charge in [-0.1, -0.05) is 6.07 Å². The molecule has 0 spiro atoms. The summed E-state index contributed by atoms with van der Waals surface area (Å²) in [6.45, 7) is 1.98. The summed E-state index contributed by atoms with van der Waals surface area (Å²) in [7, 11) is 0. The molecule has 2 amide bonds. The van der Waals surface area contributed by atoms with Gasteiger partial charge in [0, 0.05) is 18.0 Å². The van der Waals surface area contributed by atoms with Crippen LogP contribution in [0, 0.1) is 11.7 Å². The highest BCUT2D eigenvalue weighted by atomic mass is 32.1. The fourth-order valence-electron chi connectivity index (χ4n) is 3.08. The third-order valence-electron chi connectivity index (χ3n) is 4.57. The number of hydrogen-bond donors (Lipinski definition) is 2. The number of benzene rings is 1. The molecule has 0 aliphatic carbocycles. The molecule has 1 aromatic carbocycles. The van der Waals surface area contributed by atoms with Gasteiger partial charge >= 0.3 is 6.03 Å². The third-order valence-corrected chi connectivity index (χ3v) is 5.51. The van der Waals surface area contributed by atoms with Crippen molar-refractivity contribution in [1.82, 2.24) is 10.2 Å². The number of urea groups is 1. The number of aliphatic hydroxyl groups excluding tert-OH is 1. The van der Waals surface area contributed by atoms with Gasteiger partial charge < -0.3 is 20.1 Å². The van der Waals surface area contributed by atoms with E-state index in [9.17, 15) is 14.3 Å². The molecule has 5 nitrogen and oxygen atoms in total. The van der Waals surface area contributed by atoms with Gasteiger partial charge in [0.05, 0.1) is 12.6 Å². The van der Waals surface area contributed by atoms with Crippen molar-refractivity contribution in [2.24, 2.45) is 5.92 Å². The Labute approximate surface area is 156 Å². The molecular weight excluding hydrogens is 355 g/mol. The van der Waals surface area contributed by atoms with E-state index in [1.54, 1.807) is 28.4 Å². The molecule has 1 atom stereocenters. The first-order chi connectivity index (χ1) is 12.6. The minimum Gasteiger partial charge on any atom is -0.492 e. The molecule has 3 rings (SSSR count). The van der Waals surface area contributed by atoms with Gasteiger partial charge in [0.1, 0.15) is 18.2 Å². The molecule has 0 radical (unpaired) electrons. The molecule has 0 unspecified atom stereocenters. The van der Waals surface area contributed by atoms with Crippen molar-refractivity contribution in [3.05, 3.63) is 52.5 Å². The SMILES string of the molecule is O=C(NCCOc1ccc(F)cc1)N1CCC([C@@H](O)c2cccs2)CC1. The smallest absolute Gasteiger partial charge is 0.317 e. The molecule has 1 aromatic heterocycles. The van der Waals surface area contributed by atoms with Gasteiger partial charge in [-0.15, -0.1) is 11.3 Å². The first-order valence-corrected chi connectivity index (χ1v) is 9.64. The maximum Gasteiger partial charge on any atom is 0.317 e. The number of hydrogen-bond acceptors (Lipinski definition) is 4.